The summed E-state index contributed by atoms with van der Waals surface area (Å²) >= 11 is 0. The maximum absolute atomic E-state index is 10.7. The van der Waals surface area contributed by atoms with Gasteiger partial charge < -0.3 is 16.2 Å². The third-order valence-corrected chi connectivity index (χ3v) is 2.08. The average molecular weight is 248 g/mol. The third-order valence-electron chi connectivity index (χ3n) is 2.08. The molecule has 90 valence electrons. The van der Waals surface area contributed by atoms with E-state index in [1.165, 1.54) is 19.2 Å². The van der Waals surface area contributed by atoms with Crippen molar-refractivity contribution in [1.82, 2.24) is 0 Å². The van der Waals surface area contributed by atoms with Gasteiger partial charge in [0.1, 0.15) is 0 Å². The van der Waals surface area contributed by atoms with Crippen molar-refractivity contribution < 1.29 is 9.66 Å². The molecule has 4 N–H and O–H groups in total. The fourth-order valence-corrected chi connectivity index (χ4v) is 1.22. The number of nitro benzene ring substituents is 1. The first-order valence-electron chi connectivity index (χ1n) is 4.38. The molecule has 0 aliphatic rings. The second-order valence-electron chi connectivity index (χ2n) is 3.03. The fraction of sp³-hybridized carbons (Fsp3) is 0.333. The third kappa shape index (κ3) is 3.06. The summed E-state index contributed by atoms with van der Waals surface area (Å²) in [5.74, 6) is 0.216. The Morgan fingerprint density at radius 2 is 2.19 bits per heavy atom. The topological polar surface area (TPSA) is 104 Å². The van der Waals surface area contributed by atoms with Crippen LogP contribution in [0.4, 0.5) is 5.69 Å². The molecule has 0 amide bonds. The van der Waals surface area contributed by atoms with E-state index >= 15 is 0 Å². The summed E-state index contributed by atoms with van der Waals surface area (Å²) in [7, 11) is 1.38. The number of nitrogens with zero attached hydrogens (tertiary/aromatic N) is 1. The number of hydrogen-bond acceptors (Lipinski definition) is 5. The van der Waals surface area contributed by atoms with Gasteiger partial charge in [0.2, 0.25) is 0 Å². The van der Waals surface area contributed by atoms with Crippen molar-refractivity contribution in [3.63, 3.8) is 0 Å². The van der Waals surface area contributed by atoms with E-state index < -0.39 is 11.0 Å². The van der Waals surface area contributed by atoms with Crippen LogP contribution in [0, 0.1) is 10.1 Å². The van der Waals surface area contributed by atoms with Gasteiger partial charge >= 0.3 is 5.69 Å². The SMILES string of the molecule is COc1ccc([C@H](N)CN)cc1[N+](=O)[O-].Cl. The van der Waals surface area contributed by atoms with Crippen LogP contribution in [-0.2, 0) is 0 Å². The predicted molar refractivity (Wildman–Crippen MR) is 62.9 cm³/mol. The summed E-state index contributed by atoms with van der Waals surface area (Å²) < 4.78 is 4.86. The Hall–Kier alpha value is -1.37. The second-order valence-corrected chi connectivity index (χ2v) is 3.03. The van der Waals surface area contributed by atoms with Crippen LogP contribution in [0.15, 0.2) is 18.2 Å². The van der Waals surface area contributed by atoms with Gasteiger partial charge in [-0.15, -0.1) is 12.4 Å². The lowest BCUT2D eigenvalue weighted by molar-refractivity contribution is -0.385. The Balaban J connectivity index is 0.00000225. The summed E-state index contributed by atoms with van der Waals surface area (Å²) in [6.07, 6.45) is 0. The highest BCUT2D eigenvalue weighted by Gasteiger charge is 2.16. The molecule has 6 nitrogen and oxygen atoms in total. The van der Waals surface area contributed by atoms with E-state index in [0.29, 0.717) is 5.56 Å². The summed E-state index contributed by atoms with van der Waals surface area (Å²) in [6, 6.07) is 4.18. The first-order valence-corrected chi connectivity index (χ1v) is 4.38. The Bertz CT molecular complexity index is 373. The van der Waals surface area contributed by atoms with Crippen molar-refractivity contribution in [1.29, 1.82) is 0 Å². The normalized spacial score (nSPS) is 11.4. The molecular weight excluding hydrogens is 234 g/mol. The Morgan fingerprint density at radius 3 is 2.62 bits per heavy atom. The van der Waals surface area contributed by atoms with Gasteiger partial charge in [-0.2, -0.15) is 0 Å². The molecule has 1 aromatic rings. The average Bonchev–Trinajstić information content (AvgIpc) is 2.27. The lowest BCUT2D eigenvalue weighted by Crippen LogP contribution is -2.20. The van der Waals surface area contributed by atoms with Crippen LogP contribution in [-0.4, -0.2) is 18.6 Å². The first-order chi connectivity index (χ1) is 7.10. The number of benzene rings is 1. The monoisotopic (exact) mass is 247 g/mol. The summed E-state index contributed by atoms with van der Waals surface area (Å²) in [4.78, 5) is 10.2. The highest BCUT2D eigenvalue weighted by atomic mass is 35.5. The van der Waals surface area contributed by atoms with Gasteiger partial charge in [0.05, 0.1) is 12.0 Å². The molecule has 0 fully saturated rings. The molecule has 0 unspecified atom stereocenters. The zero-order chi connectivity index (χ0) is 11.4. The van der Waals surface area contributed by atoms with Gasteiger partial charge in [-0.3, -0.25) is 10.1 Å². The molecule has 7 heteroatoms. The molecular formula is C9H14ClN3O3. The van der Waals surface area contributed by atoms with Crippen molar-refractivity contribution in [2.75, 3.05) is 13.7 Å². The standard InChI is InChI=1S/C9H13N3O3.ClH/c1-15-9-3-2-6(7(11)5-10)4-8(9)12(13)14;/h2-4,7H,5,10-11H2,1H3;1H/t7-;/m1./s1. The smallest absolute Gasteiger partial charge is 0.311 e. The highest BCUT2D eigenvalue weighted by Crippen LogP contribution is 2.28. The van der Waals surface area contributed by atoms with Gasteiger partial charge in [0.25, 0.3) is 0 Å². The molecule has 16 heavy (non-hydrogen) atoms. The number of hydrogen-bond donors (Lipinski definition) is 2. The lowest BCUT2D eigenvalue weighted by atomic mass is 10.1. The predicted octanol–water partition coefficient (Wildman–Crippen LogP) is 0.984. The molecule has 0 aliphatic carbocycles. The van der Waals surface area contributed by atoms with Gasteiger partial charge in [-0.1, -0.05) is 6.07 Å². The van der Waals surface area contributed by atoms with E-state index in [-0.39, 0.29) is 30.4 Å². The van der Waals surface area contributed by atoms with Crippen molar-refractivity contribution in [2.24, 2.45) is 11.5 Å². The summed E-state index contributed by atoms with van der Waals surface area (Å²) in [5.41, 5.74) is 11.6. The molecule has 0 heterocycles. The minimum absolute atomic E-state index is 0. The van der Waals surface area contributed by atoms with E-state index in [0.717, 1.165) is 0 Å². The van der Waals surface area contributed by atoms with Crippen molar-refractivity contribution >= 4 is 18.1 Å². The van der Waals surface area contributed by atoms with Crippen LogP contribution in [0.2, 0.25) is 0 Å². The minimum atomic E-state index is -0.508. The van der Waals surface area contributed by atoms with Crippen LogP contribution >= 0.6 is 12.4 Å². The van der Waals surface area contributed by atoms with E-state index in [9.17, 15) is 10.1 Å². The van der Waals surface area contributed by atoms with Gasteiger partial charge in [0, 0.05) is 18.7 Å². The van der Waals surface area contributed by atoms with Crippen molar-refractivity contribution in [3.05, 3.63) is 33.9 Å². The maximum atomic E-state index is 10.7. The van der Waals surface area contributed by atoms with Crippen molar-refractivity contribution in [3.8, 4) is 5.75 Å². The Labute approximate surface area is 99.1 Å². The molecule has 0 saturated heterocycles. The largest absolute Gasteiger partial charge is 0.490 e. The lowest BCUT2D eigenvalue weighted by Gasteiger charge is -2.09. The molecule has 1 rings (SSSR count). The maximum Gasteiger partial charge on any atom is 0.311 e. The number of rotatable bonds is 4. The Kier molecular flexibility index (Phi) is 5.73. The van der Waals surface area contributed by atoms with Crippen molar-refractivity contribution in [2.45, 2.75) is 6.04 Å². The van der Waals surface area contributed by atoms with Gasteiger partial charge in [-0.05, 0) is 11.6 Å². The van der Waals surface area contributed by atoms with Crippen LogP contribution in [0.5, 0.6) is 5.75 Å². The Morgan fingerprint density at radius 1 is 1.56 bits per heavy atom. The number of methoxy groups -OCH3 is 1. The summed E-state index contributed by atoms with van der Waals surface area (Å²) in [6.45, 7) is 0.240. The highest BCUT2D eigenvalue weighted by molar-refractivity contribution is 5.85. The number of nitrogens with two attached hydrogens (primary N) is 2. The molecule has 0 bridgehead atoms. The molecule has 0 saturated carbocycles. The zero-order valence-electron chi connectivity index (χ0n) is 8.75. The zero-order valence-corrected chi connectivity index (χ0v) is 9.57. The number of halogens is 1. The minimum Gasteiger partial charge on any atom is -0.490 e. The van der Waals surface area contributed by atoms with Crippen LogP contribution in [0.25, 0.3) is 0 Å². The summed E-state index contributed by atoms with van der Waals surface area (Å²) in [5, 5.41) is 10.7. The van der Waals surface area contributed by atoms with Gasteiger partial charge in [-0.25, -0.2) is 0 Å². The molecule has 1 atom stereocenters. The molecule has 1 aromatic carbocycles. The van der Waals surface area contributed by atoms with E-state index in [1.807, 2.05) is 0 Å². The fourth-order valence-electron chi connectivity index (χ4n) is 1.22. The van der Waals surface area contributed by atoms with Crippen LogP contribution < -0.4 is 16.2 Å². The van der Waals surface area contributed by atoms with Gasteiger partial charge in [0.15, 0.2) is 5.75 Å². The molecule has 0 radical (unpaired) electrons. The van der Waals surface area contributed by atoms with E-state index in [4.69, 9.17) is 16.2 Å². The quantitative estimate of drug-likeness (QED) is 0.610. The first kappa shape index (κ1) is 14.6. The van der Waals surface area contributed by atoms with Crippen LogP contribution in [0.3, 0.4) is 0 Å². The number of ether oxygens (including phenoxy) is 1. The molecule has 0 spiro atoms. The van der Waals surface area contributed by atoms with E-state index in [2.05, 4.69) is 0 Å². The second kappa shape index (κ2) is 6.26. The van der Waals surface area contributed by atoms with E-state index in [1.54, 1.807) is 6.07 Å². The van der Waals surface area contributed by atoms with Crippen LogP contribution in [0.1, 0.15) is 11.6 Å². The molecule has 0 aromatic heterocycles. The number of nitro groups is 1. The molecule has 0 aliphatic heterocycles.